The van der Waals surface area contributed by atoms with Gasteiger partial charge in [0.25, 0.3) is 0 Å². The summed E-state index contributed by atoms with van der Waals surface area (Å²) in [5.41, 5.74) is 4.77. The number of pyridine rings is 1. The molecule has 31 heavy (non-hydrogen) atoms. The van der Waals surface area contributed by atoms with Crippen LogP contribution >= 0.6 is 0 Å². The molecule has 0 spiro atoms. The largest absolute Gasteiger partial charge is 0.335 e. The summed E-state index contributed by atoms with van der Waals surface area (Å²) < 4.78 is 0. The second-order valence-corrected chi connectivity index (χ2v) is 7.16. The van der Waals surface area contributed by atoms with Crippen LogP contribution in [0.5, 0.6) is 0 Å². The molecule has 0 fully saturated rings. The summed E-state index contributed by atoms with van der Waals surface area (Å²) in [6.07, 6.45) is 9.80. The van der Waals surface area contributed by atoms with Gasteiger partial charge >= 0.3 is 0 Å². The minimum atomic E-state index is -0.0392. The lowest BCUT2D eigenvalue weighted by Crippen LogP contribution is -2.33. The molecule has 0 aliphatic carbocycles. The molecule has 6 nitrogen and oxygen atoms in total. The van der Waals surface area contributed by atoms with E-state index in [1.165, 1.54) is 5.57 Å². The SMILES string of the molecule is CC.O=Cc1ccc(C2=CCN(C(=O)/C=C/c3cnc4c(c3)CCC(=O)N4)CC2)cc1. The summed E-state index contributed by atoms with van der Waals surface area (Å²) >= 11 is 0. The van der Waals surface area contributed by atoms with E-state index in [1.54, 1.807) is 23.2 Å². The van der Waals surface area contributed by atoms with Gasteiger partial charge in [0.2, 0.25) is 11.8 Å². The van der Waals surface area contributed by atoms with Crippen LogP contribution in [-0.4, -0.2) is 41.1 Å². The van der Waals surface area contributed by atoms with Gasteiger partial charge in [0.15, 0.2) is 0 Å². The van der Waals surface area contributed by atoms with E-state index >= 15 is 0 Å². The lowest BCUT2D eigenvalue weighted by Gasteiger charge is -2.25. The van der Waals surface area contributed by atoms with Crippen molar-refractivity contribution in [3.63, 3.8) is 0 Å². The summed E-state index contributed by atoms with van der Waals surface area (Å²) in [4.78, 5) is 40.8. The Morgan fingerprint density at radius 2 is 1.87 bits per heavy atom. The number of aldehydes is 1. The van der Waals surface area contributed by atoms with Gasteiger partial charge in [0, 0.05) is 37.3 Å². The van der Waals surface area contributed by atoms with Crippen LogP contribution in [0.2, 0.25) is 0 Å². The zero-order valence-electron chi connectivity index (χ0n) is 17.9. The molecule has 160 valence electrons. The summed E-state index contributed by atoms with van der Waals surface area (Å²) in [6.45, 7) is 5.21. The molecular weight excluding hydrogens is 390 g/mol. The summed E-state index contributed by atoms with van der Waals surface area (Å²) in [5, 5.41) is 2.75. The number of nitrogens with one attached hydrogen (secondary N) is 1. The average molecular weight is 418 g/mol. The highest BCUT2D eigenvalue weighted by atomic mass is 16.2. The molecule has 3 heterocycles. The fourth-order valence-electron chi connectivity index (χ4n) is 3.55. The molecule has 0 saturated carbocycles. The maximum Gasteiger partial charge on any atom is 0.246 e. The number of carbonyl (C=O) groups is 3. The third-order valence-corrected chi connectivity index (χ3v) is 5.22. The van der Waals surface area contributed by atoms with E-state index in [0.717, 1.165) is 29.4 Å². The van der Waals surface area contributed by atoms with Gasteiger partial charge < -0.3 is 10.2 Å². The van der Waals surface area contributed by atoms with Gasteiger partial charge in [-0.05, 0) is 47.2 Å². The second-order valence-electron chi connectivity index (χ2n) is 7.16. The number of hydrogen-bond donors (Lipinski definition) is 1. The molecule has 1 aromatic heterocycles. The minimum absolute atomic E-state index is 0.0133. The van der Waals surface area contributed by atoms with Gasteiger partial charge in [0.1, 0.15) is 12.1 Å². The Kier molecular flexibility index (Phi) is 7.49. The molecule has 0 bridgehead atoms. The predicted octanol–water partition coefficient (Wildman–Crippen LogP) is 4.13. The molecule has 6 heteroatoms. The Labute approximate surface area is 182 Å². The number of rotatable bonds is 4. The van der Waals surface area contributed by atoms with Gasteiger partial charge in [-0.1, -0.05) is 44.2 Å². The van der Waals surface area contributed by atoms with E-state index < -0.39 is 0 Å². The highest BCUT2D eigenvalue weighted by Crippen LogP contribution is 2.23. The normalized spacial score (nSPS) is 15.4. The van der Waals surface area contributed by atoms with E-state index in [0.29, 0.717) is 37.3 Å². The number of hydrogen-bond acceptors (Lipinski definition) is 4. The highest BCUT2D eigenvalue weighted by Gasteiger charge is 2.17. The lowest BCUT2D eigenvalue weighted by atomic mass is 9.98. The molecule has 2 aliphatic rings. The number of benzene rings is 1. The molecule has 2 aliphatic heterocycles. The van der Waals surface area contributed by atoms with Gasteiger partial charge in [-0.15, -0.1) is 0 Å². The third kappa shape index (κ3) is 5.54. The van der Waals surface area contributed by atoms with Crippen LogP contribution in [-0.2, 0) is 16.0 Å². The molecule has 4 rings (SSSR count). The van der Waals surface area contributed by atoms with Gasteiger partial charge in [0.05, 0.1) is 0 Å². The molecular formula is C25H27N3O3. The van der Waals surface area contributed by atoms with E-state index in [2.05, 4.69) is 16.4 Å². The van der Waals surface area contributed by atoms with Crippen LogP contribution in [0.25, 0.3) is 11.6 Å². The predicted molar refractivity (Wildman–Crippen MR) is 123 cm³/mol. The first-order chi connectivity index (χ1) is 15.1. The van der Waals surface area contributed by atoms with Crippen molar-refractivity contribution in [2.45, 2.75) is 33.1 Å². The van der Waals surface area contributed by atoms with Crippen LogP contribution in [0.15, 0.2) is 48.7 Å². The number of amides is 2. The quantitative estimate of drug-likeness (QED) is 0.599. The van der Waals surface area contributed by atoms with Crippen molar-refractivity contribution in [1.82, 2.24) is 9.88 Å². The van der Waals surface area contributed by atoms with Crippen LogP contribution in [0.4, 0.5) is 5.82 Å². The van der Waals surface area contributed by atoms with Crippen molar-refractivity contribution >= 4 is 35.6 Å². The van der Waals surface area contributed by atoms with Crippen LogP contribution in [0.3, 0.4) is 0 Å². The maximum atomic E-state index is 12.5. The number of carbonyl (C=O) groups excluding carboxylic acids is 3. The van der Waals surface area contributed by atoms with Gasteiger partial charge in [-0.25, -0.2) is 4.98 Å². The molecule has 1 N–H and O–H groups in total. The van der Waals surface area contributed by atoms with Crippen LogP contribution in [0, 0.1) is 0 Å². The molecule has 2 aromatic rings. The van der Waals surface area contributed by atoms with Crippen LogP contribution < -0.4 is 5.32 Å². The van der Waals surface area contributed by atoms with Crippen LogP contribution in [0.1, 0.15) is 53.7 Å². The smallest absolute Gasteiger partial charge is 0.246 e. The number of nitrogens with zero attached hydrogens (tertiary/aromatic N) is 2. The zero-order valence-corrected chi connectivity index (χ0v) is 17.9. The van der Waals surface area contributed by atoms with E-state index in [4.69, 9.17) is 0 Å². The Balaban J connectivity index is 0.00000132. The Bertz CT molecular complexity index is 1020. The Morgan fingerprint density at radius 1 is 1.10 bits per heavy atom. The fourth-order valence-corrected chi connectivity index (χ4v) is 3.55. The number of aryl methyl sites for hydroxylation is 1. The first-order valence-electron chi connectivity index (χ1n) is 10.6. The molecule has 1 aromatic carbocycles. The minimum Gasteiger partial charge on any atom is -0.335 e. The average Bonchev–Trinajstić information content (AvgIpc) is 2.84. The monoisotopic (exact) mass is 417 g/mol. The molecule has 0 radical (unpaired) electrons. The second kappa shape index (κ2) is 10.5. The Morgan fingerprint density at radius 3 is 2.55 bits per heavy atom. The highest BCUT2D eigenvalue weighted by molar-refractivity contribution is 5.94. The number of aromatic nitrogens is 1. The van der Waals surface area contributed by atoms with Crippen molar-refractivity contribution in [3.05, 3.63) is 70.9 Å². The maximum absolute atomic E-state index is 12.5. The topological polar surface area (TPSA) is 79.4 Å². The van der Waals surface area contributed by atoms with Gasteiger partial charge in [-0.3, -0.25) is 14.4 Å². The summed E-state index contributed by atoms with van der Waals surface area (Å²) in [7, 11) is 0. The van der Waals surface area contributed by atoms with Crippen molar-refractivity contribution in [1.29, 1.82) is 0 Å². The standard InChI is InChI=1S/C23H21N3O3.C2H6/c27-15-16-1-4-18(5-2-16)19-9-11-26(12-10-19)22(29)8-3-17-13-20-6-7-21(28)25-23(20)24-14-17;1-2/h1-5,8-9,13-15H,6-7,10-12H2,(H,24,25,28);1-2H3/b8-3+;. The lowest BCUT2D eigenvalue weighted by molar-refractivity contribution is -0.125. The van der Waals surface area contributed by atoms with Gasteiger partial charge in [-0.2, -0.15) is 0 Å². The van der Waals surface area contributed by atoms with Crippen molar-refractivity contribution in [2.24, 2.45) is 0 Å². The van der Waals surface area contributed by atoms with Crippen molar-refractivity contribution in [2.75, 3.05) is 18.4 Å². The Hall–Kier alpha value is -3.54. The molecule has 0 unspecified atom stereocenters. The van der Waals surface area contributed by atoms with Crippen molar-refractivity contribution in [3.8, 4) is 0 Å². The number of anilines is 1. The molecule has 0 atom stereocenters. The summed E-state index contributed by atoms with van der Waals surface area (Å²) in [6, 6.07) is 9.46. The molecule has 0 saturated heterocycles. The van der Waals surface area contributed by atoms with E-state index in [-0.39, 0.29) is 11.8 Å². The van der Waals surface area contributed by atoms with E-state index in [9.17, 15) is 14.4 Å². The first kappa shape index (κ1) is 22.2. The zero-order chi connectivity index (χ0) is 22.2. The summed E-state index contributed by atoms with van der Waals surface area (Å²) in [5.74, 6) is 0.558. The third-order valence-electron chi connectivity index (χ3n) is 5.22. The molecule has 2 amide bonds. The van der Waals surface area contributed by atoms with Crippen molar-refractivity contribution < 1.29 is 14.4 Å². The first-order valence-corrected chi connectivity index (χ1v) is 10.6. The van der Waals surface area contributed by atoms with E-state index in [1.807, 2.05) is 44.2 Å². The fraction of sp³-hybridized carbons (Fsp3) is 0.280. The number of fused-ring (bicyclic) bond motifs is 1.